The number of carbonyl (C=O) groups excluding carboxylic acids is 1. The van der Waals surface area contributed by atoms with Crippen LogP contribution < -0.4 is 0 Å². The van der Waals surface area contributed by atoms with Crippen LogP contribution in [0.15, 0.2) is 24.3 Å². The van der Waals surface area contributed by atoms with E-state index in [2.05, 4.69) is 0 Å². The smallest absolute Gasteiger partial charge is 0.246 e. The molecule has 1 aliphatic rings. The van der Waals surface area contributed by atoms with Gasteiger partial charge in [0, 0.05) is 18.7 Å². The Bertz CT molecular complexity index is 525. The molecule has 1 amide bonds. The molecule has 0 spiro atoms. The number of amides is 1. The average molecular weight is 328 g/mol. The van der Waals surface area contributed by atoms with Gasteiger partial charge in [-0.2, -0.15) is 0 Å². The van der Waals surface area contributed by atoms with Gasteiger partial charge in [-0.15, -0.1) is 0 Å². The second-order valence-electron chi connectivity index (χ2n) is 5.17. The van der Waals surface area contributed by atoms with E-state index in [0.717, 1.165) is 25.7 Å². The topological polar surface area (TPSA) is 40.5 Å². The van der Waals surface area contributed by atoms with Crippen molar-refractivity contribution in [1.29, 1.82) is 0 Å². The Kier molecular flexibility index (Phi) is 6.09. The molecule has 3 nitrogen and oxygen atoms in total. The lowest BCUT2D eigenvalue weighted by atomic mass is 10.1. The van der Waals surface area contributed by atoms with Crippen LogP contribution in [0.1, 0.15) is 31.2 Å². The fourth-order valence-electron chi connectivity index (χ4n) is 2.70. The van der Waals surface area contributed by atoms with E-state index in [1.807, 2.05) is 6.07 Å². The molecule has 0 saturated heterocycles. The minimum atomic E-state index is -0.0907. The van der Waals surface area contributed by atoms with Crippen molar-refractivity contribution in [2.45, 2.75) is 31.7 Å². The van der Waals surface area contributed by atoms with Crippen LogP contribution in [0.4, 0.5) is 0 Å². The lowest BCUT2D eigenvalue weighted by Gasteiger charge is -2.27. The number of aliphatic hydroxyl groups excluding tert-OH is 1. The number of hydrogen-bond donors (Lipinski definition) is 1. The van der Waals surface area contributed by atoms with Gasteiger partial charge in [0.2, 0.25) is 5.91 Å². The van der Waals surface area contributed by atoms with Crippen molar-refractivity contribution in [3.8, 4) is 0 Å². The summed E-state index contributed by atoms with van der Waals surface area (Å²) in [6, 6.07) is 5.55. The summed E-state index contributed by atoms with van der Waals surface area (Å²) >= 11 is 12.0. The largest absolute Gasteiger partial charge is 0.395 e. The molecule has 0 bridgehead atoms. The third-order valence-electron chi connectivity index (χ3n) is 3.78. The number of carbonyl (C=O) groups is 1. The standard InChI is InChI=1S/C16H19Cl2NO2/c17-14-7-3-4-12(16(14)18)8-9-15(21)19(10-11-20)13-5-1-2-6-13/h3-4,7-9,13,20H,1-2,5-6,10-11H2. The first-order valence-electron chi connectivity index (χ1n) is 7.17. The minimum absolute atomic E-state index is 0.0198. The molecule has 0 unspecified atom stereocenters. The maximum absolute atomic E-state index is 12.3. The molecule has 1 N–H and O–H groups in total. The van der Waals surface area contributed by atoms with E-state index in [1.165, 1.54) is 6.08 Å². The Hall–Kier alpha value is -1.03. The van der Waals surface area contributed by atoms with Crippen LogP contribution in [0.2, 0.25) is 10.0 Å². The first-order valence-corrected chi connectivity index (χ1v) is 7.92. The van der Waals surface area contributed by atoms with Crippen LogP contribution >= 0.6 is 23.2 Å². The molecule has 5 heteroatoms. The van der Waals surface area contributed by atoms with Crippen molar-refractivity contribution in [2.24, 2.45) is 0 Å². The Morgan fingerprint density at radius 2 is 2.05 bits per heavy atom. The highest BCUT2D eigenvalue weighted by Gasteiger charge is 2.24. The zero-order chi connectivity index (χ0) is 15.2. The summed E-state index contributed by atoms with van der Waals surface area (Å²) < 4.78 is 0. The van der Waals surface area contributed by atoms with E-state index >= 15 is 0 Å². The van der Waals surface area contributed by atoms with Crippen molar-refractivity contribution >= 4 is 35.2 Å². The van der Waals surface area contributed by atoms with Gasteiger partial charge in [0.1, 0.15) is 0 Å². The number of aliphatic hydroxyl groups is 1. The number of nitrogens with zero attached hydrogens (tertiary/aromatic N) is 1. The zero-order valence-corrected chi connectivity index (χ0v) is 13.3. The van der Waals surface area contributed by atoms with Crippen LogP contribution in [0.25, 0.3) is 6.08 Å². The van der Waals surface area contributed by atoms with Gasteiger partial charge in [-0.25, -0.2) is 0 Å². The van der Waals surface area contributed by atoms with Gasteiger partial charge in [-0.3, -0.25) is 4.79 Å². The van der Waals surface area contributed by atoms with Crippen molar-refractivity contribution in [3.05, 3.63) is 39.9 Å². The SMILES string of the molecule is O=C(C=Cc1cccc(Cl)c1Cl)N(CCO)C1CCCC1. The summed E-state index contributed by atoms with van der Waals surface area (Å²) in [6.07, 6.45) is 7.49. The summed E-state index contributed by atoms with van der Waals surface area (Å²) in [5.74, 6) is -0.0907. The highest BCUT2D eigenvalue weighted by Crippen LogP contribution is 2.27. The summed E-state index contributed by atoms with van der Waals surface area (Å²) in [4.78, 5) is 14.1. The third-order valence-corrected chi connectivity index (χ3v) is 4.61. The van der Waals surface area contributed by atoms with E-state index < -0.39 is 0 Å². The van der Waals surface area contributed by atoms with E-state index in [-0.39, 0.29) is 18.6 Å². The quantitative estimate of drug-likeness (QED) is 0.836. The minimum Gasteiger partial charge on any atom is -0.395 e. The number of halogens is 2. The first-order chi connectivity index (χ1) is 10.1. The molecule has 1 aromatic rings. The van der Waals surface area contributed by atoms with Gasteiger partial charge < -0.3 is 10.0 Å². The van der Waals surface area contributed by atoms with Crippen LogP contribution in [0.3, 0.4) is 0 Å². The molecule has 21 heavy (non-hydrogen) atoms. The predicted octanol–water partition coefficient (Wildman–Crippen LogP) is 3.77. The average Bonchev–Trinajstić information content (AvgIpc) is 3.00. The summed E-state index contributed by atoms with van der Waals surface area (Å²) in [5.41, 5.74) is 0.716. The monoisotopic (exact) mass is 327 g/mol. The van der Waals surface area contributed by atoms with Crippen molar-refractivity contribution < 1.29 is 9.90 Å². The van der Waals surface area contributed by atoms with Crippen LogP contribution in [0.5, 0.6) is 0 Å². The predicted molar refractivity (Wildman–Crippen MR) is 86.6 cm³/mol. The van der Waals surface area contributed by atoms with Gasteiger partial charge in [0.15, 0.2) is 0 Å². The first kappa shape index (κ1) is 16.3. The van der Waals surface area contributed by atoms with Gasteiger partial charge in [-0.05, 0) is 30.5 Å². The molecule has 2 rings (SSSR count). The zero-order valence-electron chi connectivity index (χ0n) is 11.8. The highest BCUT2D eigenvalue weighted by molar-refractivity contribution is 6.42. The maximum atomic E-state index is 12.3. The molecule has 1 saturated carbocycles. The van der Waals surface area contributed by atoms with Crippen LogP contribution in [-0.4, -0.2) is 35.1 Å². The Morgan fingerprint density at radius 1 is 1.33 bits per heavy atom. The van der Waals surface area contributed by atoms with Gasteiger partial charge in [0.25, 0.3) is 0 Å². The fraction of sp³-hybridized carbons (Fsp3) is 0.438. The van der Waals surface area contributed by atoms with Crippen LogP contribution in [-0.2, 0) is 4.79 Å². The second kappa shape index (κ2) is 7.83. The van der Waals surface area contributed by atoms with E-state index in [0.29, 0.717) is 22.2 Å². The summed E-state index contributed by atoms with van der Waals surface area (Å²) in [6.45, 7) is 0.352. The highest BCUT2D eigenvalue weighted by atomic mass is 35.5. The molecule has 0 radical (unpaired) electrons. The molecule has 0 aromatic heterocycles. The maximum Gasteiger partial charge on any atom is 0.246 e. The van der Waals surface area contributed by atoms with Crippen molar-refractivity contribution in [2.75, 3.05) is 13.2 Å². The Morgan fingerprint density at radius 3 is 2.71 bits per heavy atom. The normalized spacial score (nSPS) is 15.8. The second-order valence-corrected chi connectivity index (χ2v) is 5.96. The molecule has 1 fully saturated rings. The van der Waals surface area contributed by atoms with E-state index in [9.17, 15) is 4.79 Å². The molecule has 0 aliphatic heterocycles. The lowest BCUT2D eigenvalue weighted by Crippen LogP contribution is -2.39. The molecule has 0 atom stereocenters. The van der Waals surface area contributed by atoms with Crippen molar-refractivity contribution in [3.63, 3.8) is 0 Å². The number of benzene rings is 1. The Labute approximate surface area is 135 Å². The number of rotatable bonds is 5. The lowest BCUT2D eigenvalue weighted by molar-refractivity contribution is -0.128. The molecular formula is C16H19Cl2NO2. The van der Waals surface area contributed by atoms with Crippen LogP contribution in [0, 0.1) is 0 Å². The fourth-order valence-corrected chi connectivity index (χ4v) is 3.07. The molecule has 1 aromatic carbocycles. The molecule has 1 aliphatic carbocycles. The van der Waals surface area contributed by atoms with Gasteiger partial charge >= 0.3 is 0 Å². The van der Waals surface area contributed by atoms with E-state index in [1.54, 1.807) is 23.1 Å². The van der Waals surface area contributed by atoms with Gasteiger partial charge in [-0.1, -0.05) is 48.2 Å². The van der Waals surface area contributed by atoms with E-state index in [4.69, 9.17) is 28.3 Å². The van der Waals surface area contributed by atoms with Gasteiger partial charge in [0.05, 0.1) is 16.7 Å². The van der Waals surface area contributed by atoms with Crippen molar-refractivity contribution in [1.82, 2.24) is 4.90 Å². The summed E-state index contributed by atoms with van der Waals surface area (Å²) in [5, 5.41) is 10.1. The summed E-state index contributed by atoms with van der Waals surface area (Å²) in [7, 11) is 0. The Balaban J connectivity index is 2.10. The molecular weight excluding hydrogens is 309 g/mol. The number of hydrogen-bond acceptors (Lipinski definition) is 2. The molecule has 0 heterocycles. The molecule has 114 valence electrons. The third kappa shape index (κ3) is 4.22.